The van der Waals surface area contributed by atoms with Crippen molar-refractivity contribution in [2.45, 2.75) is 64.6 Å². The minimum absolute atomic E-state index is 0.174. The molecule has 0 bridgehead atoms. The molecule has 2 aliphatic rings. The van der Waals surface area contributed by atoms with Gasteiger partial charge in [-0.25, -0.2) is 0 Å². The molecule has 0 aromatic heterocycles. The van der Waals surface area contributed by atoms with Gasteiger partial charge in [0.2, 0.25) is 0 Å². The summed E-state index contributed by atoms with van der Waals surface area (Å²) >= 11 is 0. The third kappa shape index (κ3) is 4.09. The zero-order valence-corrected chi connectivity index (χ0v) is 15.6. The van der Waals surface area contributed by atoms with Gasteiger partial charge >= 0.3 is 0 Å². The van der Waals surface area contributed by atoms with Crippen molar-refractivity contribution in [3.05, 3.63) is 11.8 Å². The minimum atomic E-state index is -3.48. The highest BCUT2D eigenvalue weighted by atomic mass is 32.2. The van der Waals surface area contributed by atoms with Crippen molar-refractivity contribution >= 4 is 10.1 Å². The highest BCUT2D eigenvalue weighted by molar-refractivity contribution is 7.86. The monoisotopic (exact) mass is 346 g/mol. The maximum atomic E-state index is 11.6. The van der Waals surface area contributed by atoms with E-state index in [1.807, 2.05) is 13.8 Å². The molecule has 134 valence electrons. The number of methoxy groups -OCH3 is 1. The average Bonchev–Trinajstić information content (AvgIpc) is 2.39. The van der Waals surface area contributed by atoms with Gasteiger partial charge in [0, 0.05) is 5.41 Å². The molecular formula is C17H30O5S. The lowest BCUT2D eigenvalue weighted by Gasteiger charge is -2.53. The SMILES string of the molecule is CO/C=C1\CC[C@@H](OS(C)(=O)=O)[C@]2(C)CC[C@@H](C(C)(C)O)C[C@@H]12. The Balaban J connectivity index is 2.33. The molecule has 0 amide bonds. The second-order valence-corrected chi connectivity index (χ2v) is 9.54. The fourth-order valence-electron chi connectivity index (χ4n) is 4.40. The van der Waals surface area contributed by atoms with E-state index in [1.54, 1.807) is 13.4 Å². The lowest BCUT2D eigenvalue weighted by atomic mass is 9.54. The Kier molecular flexibility index (Phi) is 5.19. The summed E-state index contributed by atoms with van der Waals surface area (Å²) in [5.74, 6) is 0.367. The molecule has 2 rings (SSSR count). The van der Waals surface area contributed by atoms with Crippen molar-refractivity contribution in [3.63, 3.8) is 0 Å². The Morgan fingerprint density at radius 2 is 2.00 bits per heavy atom. The number of allylic oxidation sites excluding steroid dienone is 1. The number of fused-ring (bicyclic) bond motifs is 1. The van der Waals surface area contributed by atoms with E-state index in [9.17, 15) is 13.5 Å². The number of hydrogen-bond acceptors (Lipinski definition) is 5. The Labute approximate surface area is 140 Å². The quantitative estimate of drug-likeness (QED) is 0.626. The molecule has 2 fully saturated rings. The van der Waals surface area contributed by atoms with E-state index in [1.165, 1.54) is 5.57 Å². The molecule has 0 aromatic carbocycles. The molecule has 23 heavy (non-hydrogen) atoms. The van der Waals surface area contributed by atoms with Gasteiger partial charge in [0.15, 0.2) is 0 Å². The Morgan fingerprint density at radius 3 is 2.52 bits per heavy atom. The van der Waals surface area contributed by atoms with Crippen LogP contribution in [0.3, 0.4) is 0 Å². The van der Waals surface area contributed by atoms with Gasteiger partial charge in [-0.2, -0.15) is 8.42 Å². The molecule has 2 aliphatic carbocycles. The molecule has 0 radical (unpaired) electrons. The Morgan fingerprint density at radius 1 is 1.35 bits per heavy atom. The fraction of sp³-hybridized carbons (Fsp3) is 0.882. The van der Waals surface area contributed by atoms with E-state index >= 15 is 0 Å². The number of aliphatic hydroxyl groups is 1. The fourth-order valence-corrected chi connectivity index (χ4v) is 5.13. The molecular weight excluding hydrogens is 316 g/mol. The maximum Gasteiger partial charge on any atom is 0.264 e. The van der Waals surface area contributed by atoms with Gasteiger partial charge in [0.1, 0.15) is 0 Å². The Bertz CT molecular complexity index is 560. The first-order valence-electron chi connectivity index (χ1n) is 8.29. The first kappa shape index (κ1) is 18.7. The summed E-state index contributed by atoms with van der Waals surface area (Å²) < 4.78 is 34.0. The highest BCUT2D eigenvalue weighted by Crippen LogP contribution is 2.56. The summed E-state index contributed by atoms with van der Waals surface area (Å²) in [6, 6.07) is 0. The molecule has 0 aliphatic heterocycles. The maximum absolute atomic E-state index is 11.6. The van der Waals surface area contributed by atoms with E-state index < -0.39 is 15.7 Å². The highest BCUT2D eigenvalue weighted by Gasteiger charge is 2.52. The van der Waals surface area contributed by atoms with Crippen molar-refractivity contribution in [3.8, 4) is 0 Å². The second-order valence-electron chi connectivity index (χ2n) is 7.94. The van der Waals surface area contributed by atoms with Gasteiger partial charge in [-0.1, -0.05) is 6.92 Å². The molecule has 0 heterocycles. The first-order chi connectivity index (χ1) is 10.5. The van der Waals surface area contributed by atoms with E-state index in [4.69, 9.17) is 8.92 Å². The van der Waals surface area contributed by atoms with Crippen LogP contribution in [0.25, 0.3) is 0 Å². The van der Waals surface area contributed by atoms with E-state index in [0.717, 1.165) is 31.9 Å². The second kappa shape index (κ2) is 6.37. The zero-order chi connectivity index (χ0) is 17.5. The summed E-state index contributed by atoms with van der Waals surface area (Å²) in [7, 11) is -1.85. The smallest absolute Gasteiger partial charge is 0.264 e. The molecule has 6 heteroatoms. The van der Waals surface area contributed by atoms with E-state index in [-0.39, 0.29) is 23.4 Å². The third-order valence-electron chi connectivity index (χ3n) is 5.79. The Hall–Kier alpha value is -0.590. The number of rotatable bonds is 4. The molecule has 0 aromatic rings. The van der Waals surface area contributed by atoms with Crippen molar-refractivity contribution in [2.24, 2.45) is 17.3 Å². The summed E-state index contributed by atoms with van der Waals surface area (Å²) in [4.78, 5) is 0. The average molecular weight is 346 g/mol. The van der Waals surface area contributed by atoms with Crippen molar-refractivity contribution in [1.82, 2.24) is 0 Å². The van der Waals surface area contributed by atoms with Gasteiger partial charge in [-0.15, -0.1) is 0 Å². The lowest BCUT2D eigenvalue weighted by molar-refractivity contribution is -0.0796. The normalized spacial score (nSPS) is 37.5. The standard InChI is InChI=1S/C17H30O5S/c1-16(2,18)13-8-9-17(3)14(10-13)12(11-21-4)6-7-15(17)22-23(5,19)20/h11,13-15,18H,6-10H2,1-5H3/b12-11+/t13-,14+,15-,17-/m1/s1. The van der Waals surface area contributed by atoms with Gasteiger partial charge in [0.05, 0.1) is 31.3 Å². The minimum Gasteiger partial charge on any atom is -0.504 e. The van der Waals surface area contributed by atoms with Gasteiger partial charge in [-0.05, 0) is 63.4 Å². The van der Waals surface area contributed by atoms with Crippen LogP contribution < -0.4 is 0 Å². The lowest BCUT2D eigenvalue weighted by Crippen LogP contribution is -2.51. The molecule has 4 atom stereocenters. The zero-order valence-electron chi connectivity index (χ0n) is 14.8. The third-order valence-corrected chi connectivity index (χ3v) is 6.37. The van der Waals surface area contributed by atoms with Crippen LogP contribution >= 0.6 is 0 Å². The van der Waals surface area contributed by atoms with Crippen LogP contribution in [0.15, 0.2) is 11.8 Å². The van der Waals surface area contributed by atoms with Crippen LogP contribution in [0.1, 0.15) is 52.9 Å². The van der Waals surface area contributed by atoms with E-state index in [0.29, 0.717) is 6.42 Å². The molecule has 1 N–H and O–H groups in total. The van der Waals surface area contributed by atoms with Crippen LogP contribution in [0.4, 0.5) is 0 Å². The van der Waals surface area contributed by atoms with Gasteiger partial charge < -0.3 is 9.84 Å². The first-order valence-corrected chi connectivity index (χ1v) is 10.1. The van der Waals surface area contributed by atoms with Crippen LogP contribution in [-0.2, 0) is 19.0 Å². The van der Waals surface area contributed by atoms with Crippen molar-refractivity contribution < 1.29 is 22.4 Å². The van der Waals surface area contributed by atoms with Crippen LogP contribution in [0, 0.1) is 17.3 Å². The molecule has 5 nitrogen and oxygen atoms in total. The van der Waals surface area contributed by atoms with Crippen LogP contribution in [-0.4, -0.2) is 38.6 Å². The van der Waals surface area contributed by atoms with Crippen molar-refractivity contribution in [2.75, 3.05) is 13.4 Å². The predicted octanol–water partition coefficient (Wildman–Crippen LogP) is 2.85. The van der Waals surface area contributed by atoms with Gasteiger partial charge in [-0.3, -0.25) is 4.18 Å². The number of ether oxygens (including phenoxy) is 1. The molecule has 0 saturated heterocycles. The molecule has 0 spiro atoms. The molecule has 0 unspecified atom stereocenters. The predicted molar refractivity (Wildman–Crippen MR) is 89.3 cm³/mol. The summed E-state index contributed by atoms with van der Waals surface area (Å²) in [6.45, 7) is 5.83. The van der Waals surface area contributed by atoms with E-state index in [2.05, 4.69) is 6.92 Å². The largest absolute Gasteiger partial charge is 0.504 e. The van der Waals surface area contributed by atoms with Crippen LogP contribution in [0.2, 0.25) is 0 Å². The van der Waals surface area contributed by atoms with Crippen molar-refractivity contribution in [1.29, 1.82) is 0 Å². The summed E-state index contributed by atoms with van der Waals surface area (Å²) in [6.07, 6.45) is 6.61. The summed E-state index contributed by atoms with van der Waals surface area (Å²) in [5.41, 5.74) is 0.231. The summed E-state index contributed by atoms with van der Waals surface area (Å²) in [5, 5.41) is 10.4. The molecule has 2 saturated carbocycles. The van der Waals surface area contributed by atoms with Crippen LogP contribution in [0.5, 0.6) is 0 Å². The topological polar surface area (TPSA) is 72.8 Å². The van der Waals surface area contributed by atoms with Gasteiger partial charge in [0.25, 0.3) is 10.1 Å². The number of hydrogen-bond donors (Lipinski definition) is 1.